The summed E-state index contributed by atoms with van der Waals surface area (Å²) in [6.07, 6.45) is 4.83. The molecule has 0 radical (unpaired) electrons. The number of benzene rings is 2. The van der Waals surface area contributed by atoms with Crippen molar-refractivity contribution in [1.82, 2.24) is 19.7 Å². The number of nitrogens with zero attached hydrogens (tertiary/aromatic N) is 4. The molecule has 4 rings (SSSR count). The van der Waals surface area contributed by atoms with Crippen LogP contribution in [0.4, 0.5) is 5.69 Å². The van der Waals surface area contributed by atoms with Crippen LogP contribution < -0.4 is 5.32 Å². The molecule has 132 valence electrons. The minimum atomic E-state index is -0.638. The summed E-state index contributed by atoms with van der Waals surface area (Å²) in [7, 11) is 3.94. The van der Waals surface area contributed by atoms with Gasteiger partial charge in [0, 0.05) is 5.69 Å². The van der Waals surface area contributed by atoms with Gasteiger partial charge >= 0.3 is 0 Å². The van der Waals surface area contributed by atoms with E-state index >= 15 is 0 Å². The lowest BCUT2D eigenvalue weighted by Gasteiger charge is -2.35. The fourth-order valence-electron chi connectivity index (χ4n) is 3.77. The van der Waals surface area contributed by atoms with E-state index in [2.05, 4.69) is 27.5 Å². The molecule has 0 bridgehead atoms. The first-order valence-electron chi connectivity index (χ1n) is 8.63. The lowest BCUT2D eigenvalue weighted by atomic mass is 9.89. The molecule has 2 aromatic carbocycles. The van der Waals surface area contributed by atoms with Gasteiger partial charge in [0.1, 0.15) is 18.2 Å². The van der Waals surface area contributed by atoms with Gasteiger partial charge in [-0.15, -0.1) is 0 Å². The predicted octanol–water partition coefficient (Wildman–Crippen LogP) is 2.61. The summed E-state index contributed by atoms with van der Waals surface area (Å²) in [5, 5.41) is 7.20. The second kappa shape index (κ2) is 6.38. The zero-order chi connectivity index (χ0) is 18.1. The second-order valence-corrected chi connectivity index (χ2v) is 6.75. The highest BCUT2D eigenvalue weighted by Crippen LogP contribution is 2.41. The molecule has 0 saturated heterocycles. The number of likely N-dealkylation sites (N-methyl/N-ethyl adjacent to an activating group) is 1. The minimum Gasteiger partial charge on any atom is -0.324 e. The van der Waals surface area contributed by atoms with Crippen molar-refractivity contribution in [1.29, 1.82) is 0 Å². The van der Waals surface area contributed by atoms with Gasteiger partial charge in [-0.2, -0.15) is 5.10 Å². The summed E-state index contributed by atoms with van der Waals surface area (Å²) in [5.41, 5.74) is 3.37. The number of aromatic nitrogens is 3. The third kappa shape index (κ3) is 2.59. The fourth-order valence-corrected chi connectivity index (χ4v) is 3.77. The number of hydrogen-bond donors (Lipinski definition) is 1. The summed E-state index contributed by atoms with van der Waals surface area (Å²) < 4.78 is 1.68. The summed E-state index contributed by atoms with van der Waals surface area (Å²) >= 11 is 0. The molecule has 1 aliphatic rings. The van der Waals surface area contributed by atoms with E-state index in [1.807, 2.05) is 55.4 Å². The van der Waals surface area contributed by atoms with Crippen molar-refractivity contribution in [3.63, 3.8) is 0 Å². The van der Waals surface area contributed by atoms with Crippen molar-refractivity contribution in [2.24, 2.45) is 0 Å². The van der Waals surface area contributed by atoms with Crippen molar-refractivity contribution in [2.45, 2.75) is 18.4 Å². The number of aryl methyl sites for hydroxylation is 1. The first-order valence-corrected chi connectivity index (χ1v) is 8.63. The first kappa shape index (κ1) is 16.5. The molecule has 1 N–H and O–H groups in total. The predicted molar refractivity (Wildman–Crippen MR) is 100 cm³/mol. The number of carbonyl (C=O) groups is 1. The highest BCUT2D eigenvalue weighted by Gasteiger charge is 2.47. The van der Waals surface area contributed by atoms with Gasteiger partial charge in [0.2, 0.25) is 5.91 Å². The van der Waals surface area contributed by atoms with Gasteiger partial charge in [-0.25, -0.2) is 9.67 Å². The number of hydrogen-bond acceptors (Lipinski definition) is 4. The third-order valence-corrected chi connectivity index (χ3v) is 5.17. The summed E-state index contributed by atoms with van der Waals surface area (Å²) in [6, 6.07) is 15.8. The molecular weight excluding hydrogens is 326 g/mol. The summed E-state index contributed by atoms with van der Waals surface area (Å²) in [4.78, 5) is 19.2. The van der Waals surface area contributed by atoms with E-state index in [0.29, 0.717) is 0 Å². The Balaban J connectivity index is 1.61. The quantitative estimate of drug-likeness (QED) is 0.788. The topological polar surface area (TPSA) is 63.1 Å². The monoisotopic (exact) mass is 347 g/mol. The number of nitrogens with one attached hydrogen (secondary N) is 1. The molecule has 0 aliphatic heterocycles. The first-order chi connectivity index (χ1) is 12.6. The number of carbonyl (C=O) groups excluding carboxylic acids is 1. The maximum atomic E-state index is 13.3. The van der Waals surface area contributed by atoms with Crippen LogP contribution in [0.15, 0.2) is 61.2 Å². The van der Waals surface area contributed by atoms with Crippen LogP contribution in [0.5, 0.6) is 0 Å². The molecule has 3 aromatic rings. The number of amides is 1. The van der Waals surface area contributed by atoms with Gasteiger partial charge in [-0.3, -0.25) is 9.69 Å². The molecule has 0 unspecified atom stereocenters. The normalized spacial score (nSPS) is 18.7. The molecule has 6 heteroatoms. The van der Waals surface area contributed by atoms with Gasteiger partial charge in [0.15, 0.2) is 0 Å². The molecular formula is C20H21N5O. The molecule has 6 nitrogen and oxygen atoms in total. The van der Waals surface area contributed by atoms with Crippen molar-refractivity contribution in [2.75, 3.05) is 19.4 Å². The van der Waals surface area contributed by atoms with Crippen LogP contribution >= 0.6 is 0 Å². The van der Waals surface area contributed by atoms with Crippen molar-refractivity contribution < 1.29 is 4.79 Å². The second-order valence-electron chi connectivity index (χ2n) is 6.75. The van der Waals surface area contributed by atoms with Gasteiger partial charge in [0.05, 0.1) is 5.69 Å². The van der Waals surface area contributed by atoms with E-state index in [-0.39, 0.29) is 5.91 Å². The molecule has 26 heavy (non-hydrogen) atoms. The standard InChI is InChI=1S/C20H21N5O/c1-24(2)20(12-11-15-5-3-4-6-18(15)20)19(26)23-16-7-9-17(10-8-16)25-14-21-13-22-25/h3-10,13-14H,11-12H2,1-2H3,(H,23,26)/t20-/m0/s1. The van der Waals surface area contributed by atoms with Crippen LogP contribution in [0, 0.1) is 0 Å². The lowest BCUT2D eigenvalue weighted by Crippen LogP contribution is -2.49. The van der Waals surface area contributed by atoms with Crippen molar-refractivity contribution in [3.8, 4) is 5.69 Å². The van der Waals surface area contributed by atoms with Gasteiger partial charge < -0.3 is 5.32 Å². The average molecular weight is 347 g/mol. The number of fused-ring (bicyclic) bond motifs is 1. The van der Waals surface area contributed by atoms with Crippen LogP contribution in [-0.2, 0) is 16.8 Å². The Labute approximate surface area is 152 Å². The van der Waals surface area contributed by atoms with Gasteiger partial charge in [0.25, 0.3) is 0 Å². The van der Waals surface area contributed by atoms with E-state index in [1.54, 1.807) is 11.0 Å². The number of anilines is 1. The van der Waals surface area contributed by atoms with Crippen LogP contribution in [0.1, 0.15) is 17.5 Å². The largest absolute Gasteiger partial charge is 0.324 e. The smallest absolute Gasteiger partial charge is 0.249 e. The van der Waals surface area contributed by atoms with Crippen molar-refractivity contribution >= 4 is 11.6 Å². The fraction of sp³-hybridized carbons (Fsp3) is 0.250. The zero-order valence-corrected chi connectivity index (χ0v) is 14.9. The van der Waals surface area contributed by atoms with Crippen LogP contribution in [0.3, 0.4) is 0 Å². The molecule has 1 aliphatic carbocycles. The van der Waals surface area contributed by atoms with Crippen LogP contribution in [0.2, 0.25) is 0 Å². The van der Waals surface area contributed by atoms with E-state index < -0.39 is 5.54 Å². The Morgan fingerprint density at radius 2 is 1.92 bits per heavy atom. The lowest BCUT2D eigenvalue weighted by molar-refractivity contribution is -0.127. The van der Waals surface area contributed by atoms with Gasteiger partial charge in [-0.1, -0.05) is 24.3 Å². The van der Waals surface area contributed by atoms with Gasteiger partial charge in [-0.05, 0) is 62.3 Å². The number of rotatable bonds is 4. The Morgan fingerprint density at radius 3 is 2.62 bits per heavy atom. The maximum Gasteiger partial charge on any atom is 0.249 e. The Hall–Kier alpha value is -2.99. The molecule has 1 amide bonds. The van der Waals surface area contributed by atoms with E-state index in [9.17, 15) is 4.79 Å². The molecule has 0 fully saturated rings. The van der Waals surface area contributed by atoms with Crippen LogP contribution in [-0.4, -0.2) is 39.7 Å². The average Bonchev–Trinajstić information content (AvgIpc) is 3.31. The molecule has 1 aromatic heterocycles. The van der Waals surface area contributed by atoms with E-state index in [0.717, 1.165) is 29.8 Å². The van der Waals surface area contributed by atoms with E-state index in [1.165, 1.54) is 11.9 Å². The minimum absolute atomic E-state index is 0.000885. The highest BCUT2D eigenvalue weighted by atomic mass is 16.2. The Bertz CT molecular complexity index is 918. The molecule has 0 saturated carbocycles. The summed E-state index contributed by atoms with van der Waals surface area (Å²) in [5.74, 6) is 0.000885. The zero-order valence-electron chi connectivity index (χ0n) is 14.9. The highest BCUT2D eigenvalue weighted by molar-refractivity contribution is 5.99. The third-order valence-electron chi connectivity index (χ3n) is 5.17. The Morgan fingerprint density at radius 1 is 1.15 bits per heavy atom. The Kier molecular flexibility index (Phi) is 4.05. The molecule has 1 heterocycles. The SMILES string of the molecule is CN(C)[C@@]1(C(=O)Nc2ccc(-n3cncn3)cc2)CCc2ccccc21. The van der Waals surface area contributed by atoms with Crippen LogP contribution in [0.25, 0.3) is 5.69 Å². The summed E-state index contributed by atoms with van der Waals surface area (Å²) in [6.45, 7) is 0. The van der Waals surface area contributed by atoms with E-state index in [4.69, 9.17) is 0 Å². The molecule has 1 atom stereocenters. The maximum absolute atomic E-state index is 13.3. The van der Waals surface area contributed by atoms with Crippen molar-refractivity contribution in [3.05, 3.63) is 72.3 Å². The molecule has 0 spiro atoms.